The first-order valence-corrected chi connectivity index (χ1v) is 2.01. The molecule has 0 unspecified atom stereocenters. The normalized spacial score (nSPS) is 6.78. The summed E-state index contributed by atoms with van der Waals surface area (Å²) in [6.07, 6.45) is 0. The molecule has 0 heterocycles. The third kappa shape index (κ3) is 4.97. The summed E-state index contributed by atoms with van der Waals surface area (Å²) < 4.78 is 11.9. The van der Waals surface area contributed by atoms with Gasteiger partial charge in [-0.2, -0.15) is 18.2 Å². The molecule has 0 bridgehead atoms. The van der Waals surface area contributed by atoms with Gasteiger partial charge in [0, 0.05) is 25.3 Å². The van der Waals surface area contributed by atoms with Gasteiger partial charge in [0.2, 0.25) is 0 Å². The maximum Gasteiger partial charge on any atom is 0.00871 e. The van der Waals surface area contributed by atoms with Gasteiger partial charge in [-0.15, -0.1) is 36.1 Å². The molecule has 0 amide bonds. The monoisotopic (exact) mass is 287 g/mol. The van der Waals surface area contributed by atoms with Gasteiger partial charge in [-0.3, -0.25) is 4.39 Å². The molecule has 1 rings (SSSR count). The van der Waals surface area contributed by atoms with Crippen LogP contribution in [0.5, 0.6) is 0 Å². The zero-order valence-corrected chi connectivity index (χ0v) is 10.1. The second kappa shape index (κ2) is 6.62. The van der Waals surface area contributed by atoms with E-state index >= 15 is 0 Å². The molecule has 1 aromatic carbocycles. The minimum atomic E-state index is -0.234. The van der Waals surface area contributed by atoms with E-state index in [2.05, 4.69) is 6.07 Å². The van der Waals surface area contributed by atoms with Crippen molar-refractivity contribution in [1.29, 1.82) is 0 Å². The summed E-state index contributed by atoms with van der Waals surface area (Å²) >= 11 is 0. The zero-order valence-electron chi connectivity index (χ0n) is 4.80. The maximum absolute atomic E-state index is 11.9. The molecule has 1 aromatic rings. The molecule has 0 N–H and O–H groups in total. The molecule has 46 valence electrons. The molecule has 0 aromatic heterocycles. The summed E-state index contributed by atoms with van der Waals surface area (Å²) in [5.41, 5.74) is 0. The van der Waals surface area contributed by atoms with Crippen molar-refractivity contribution in [1.82, 2.24) is 0 Å². The Kier molecular flexibility index (Phi) is 8.98. The molecule has 3 heteroatoms. The Morgan fingerprint density at radius 2 is 2.11 bits per heavy atom. The molecule has 0 saturated heterocycles. The van der Waals surface area contributed by atoms with E-state index in [1.54, 1.807) is 12.1 Å². The average molecular weight is 288 g/mol. The van der Waals surface area contributed by atoms with Gasteiger partial charge in [-0.05, 0) is 0 Å². The summed E-state index contributed by atoms with van der Waals surface area (Å²) in [6.45, 7) is 0. The van der Waals surface area contributed by atoms with Crippen LogP contribution >= 0.6 is 24.0 Å². The van der Waals surface area contributed by atoms with Crippen molar-refractivity contribution < 1.29 is 23.9 Å². The minimum Gasteiger partial charge on any atom is -0.284 e. The molecule has 0 saturated carbocycles. The van der Waals surface area contributed by atoms with Crippen LogP contribution in [0.25, 0.3) is 0 Å². The summed E-state index contributed by atoms with van der Waals surface area (Å²) in [5.74, 6) is -0.234. The molecule has 0 fully saturated rings. The predicted molar refractivity (Wildman–Crippen MR) is 40.7 cm³/mol. The van der Waals surface area contributed by atoms with Gasteiger partial charge in [-0.1, -0.05) is 0 Å². The minimum absolute atomic E-state index is 0. The Morgan fingerprint density at radius 1 is 1.44 bits per heavy atom. The molecular weight excluding hydrogens is 283 g/mol. The smallest absolute Gasteiger partial charge is 0.00871 e. The van der Waals surface area contributed by atoms with Crippen LogP contribution in [0, 0.1) is 11.9 Å². The van der Waals surface area contributed by atoms with Gasteiger partial charge in [0.1, 0.15) is 0 Å². The molecule has 0 atom stereocenters. The summed E-state index contributed by atoms with van der Waals surface area (Å²) in [7, 11) is 0. The Labute approximate surface area is 83.6 Å². The van der Waals surface area contributed by atoms with Gasteiger partial charge >= 0.3 is 0 Å². The predicted octanol–water partition coefficient (Wildman–Crippen LogP) is 2.24. The van der Waals surface area contributed by atoms with Crippen LogP contribution < -0.4 is 0 Å². The molecule has 0 radical (unpaired) electrons. The summed E-state index contributed by atoms with van der Waals surface area (Å²) in [4.78, 5) is 0. The van der Waals surface area contributed by atoms with E-state index in [0.29, 0.717) is 0 Å². The molecule has 0 aliphatic heterocycles. The zero-order chi connectivity index (χ0) is 5.11. The van der Waals surface area contributed by atoms with E-state index in [9.17, 15) is 4.39 Å². The van der Waals surface area contributed by atoms with Crippen LogP contribution in [0.4, 0.5) is 4.39 Å². The van der Waals surface area contributed by atoms with Crippen molar-refractivity contribution in [2.24, 2.45) is 0 Å². The van der Waals surface area contributed by atoms with Crippen LogP contribution in [0.3, 0.4) is 0 Å². The molecule has 0 spiro atoms. The van der Waals surface area contributed by atoms with Crippen LogP contribution in [-0.4, -0.2) is 0 Å². The van der Waals surface area contributed by atoms with Crippen LogP contribution in [-0.2, 0) is 19.5 Å². The second-order valence-corrected chi connectivity index (χ2v) is 1.22. The third-order valence-electron chi connectivity index (χ3n) is 0.669. The van der Waals surface area contributed by atoms with Gasteiger partial charge < -0.3 is 0 Å². The van der Waals surface area contributed by atoms with Gasteiger partial charge in [0.25, 0.3) is 0 Å². The Bertz CT molecular complexity index is 143. The van der Waals surface area contributed by atoms with E-state index in [1.807, 2.05) is 0 Å². The first-order chi connectivity index (χ1) is 3.39. The van der Waals surface area contributed by atoms with E-state index in [4.69, 9.17) is 0 Å². The summed E-state index contributed by atoms with van der Waals surface area (Å²) in [5, 5.41) is 0. The van der Waals surface area contributed by atoms with Crippen molar-refractivity contribution >= 4 is 24.0 Å². The fourth-order valence-electron chi connectivity index (χ4n) is 0.371. The van der Waals surface area contributed by atoms with Crippen LogP contribution in [0.1, 0.15) is 0 Å². The third-order valence-corrected chi connectivity index (χ3v) is 0.669. The number of benzene rings is 1. The van der Waals surface area contributed by atoms with Crippen molar-refractivity contribution in [3.63, 3.8) is 0 Å². The number of rotatable bonds is 0. The molecule has 9 heavy (non-hydrogen) atoms. The largest absolute Gasteiger partial charge is 0.284 e. The number of halogens is 2. The van der Waals surface area contributed by atoms with Crippen LogP contribution in [0.2, 0.25) is 0 Å². The Morgan fingerprint density at radius 3 is 2.33 bits per heavy atom. The van der Waals surface area contributed by atoms with E-state index < -0.39 is 0 Å². The van der Waals surface area contributed by atoms with Crippen molar-refractivity contribution in [3.05, 3.63) is 36.1 Å². The van der Waals surface area contributed by atoms with Gasteiger partial charge in [0.05, 0.1) is 0 Å². The van der Waals surface area contributed by atoms with E-state index in [0.717, 1.165) is 0 Å². The fraction of sp³-hybridized carbons (Fsp3) is 0. The summed E-state index contributed by atoms with van der Waals surface area (Å²) in [6, 6.07) is 8.53. The van der Waals surface area contributed by atoms with E-state index in [-0.39, 0.29) is 49.3 Å². The quantitative estimate of drug-likeness (QED) is 0.390. The Balaban J connectivity index is 0. The van der Waals surface area contributed by atoms with Crippen LogP contribution in [0.15, 0.2) is 24.3 Å². The van der Waals surface area contributed by atoms with Gasteiger partial charge in [0.15, 0.2) is 0 Å². The van der Waals surface area contributed by atoms with Gasteiger partial charge in [-0.25, -0.2) is 0 Å². The number of hydrogen-bond acceptors (Lipinski definition) is 0. The SMILES string of the molecule is Fc1c[c-]ccc1.I.[Zn]. The Hall–Kier alpha value is 0.503. The standard InChI is InChI=1S/C6H4F.HI.Zn/c7-6-4-2-1-3-5-6;;/h1-2,4-5H;1H;/q-1;;. The van der Waals surface area contributed by atoms with Crippen molar-refractivity contribution in [2.45, 2.75) is 0 Å². The first kappa shape index (κ1) is 12.2. The average Bonchev–Trinajstić information content (AvgIpc) is 1.69. The van der Waals surface area contributed by atoms with Crippen molar-refractivity contribution in [2.75, 3.05) is 0 Å². The molecule has 0 aliphatic rings. The molecular formula is C6H5FIZn-. The first-order valence-electron chi connectivity index (χ1n) is 2.01. The van der Waals surface area contributed by atoms with Crippen molar-refractivity contribution in [3.8, 4) is 0 Å². The van der Waals surface area contributed by atoms with E-state index in [1.165, 1.54) is 12.1 Å². The topological polar surface area (TPSA) is 0 Å². The molecule has 0 nitrogen and oxygen atoms in total. The second-order valence-electron chi connectivity index (χ2n) is 1.22. The number of hydrogen-bond donors (Lipinski definition) is 0. The maximum atomic E-state index is 11.9. The fourth-order valence-corrected chi connectivity index (χ4v) is 0.371. The molecule has 0 aliphatic carbocycles.